The Kier molecular flexibility index (Phi) is 4.31. The summed E-state index contributed by atoms with van der Waals surface area (Å²) in [6, 6.07) is 0.526. The highest BCUT2D eigenvalue weighted by atomic mass is 16.3. The minimum absolute atomic E-state index is 0.0439. The molecule has 0 spiro atoms. The molecule has 2 atom stereocenters. The Balaban J connectivity index is 1.98. The van der Waals surface area contributed by atoms with Crippen molar-refractivity contribution in [3.63, 3.8) is 0 Å². The van der Waals surface area contributed by atoms with E-state index in [1.807, 2.05) is 17.8 Å². The summed E-state index contributed by atoms with van der Waals surface area (Å²) in [6.07, 6.45) is 7.25. The van der Waals surface area contributed by atoms with E-state index < -0.39 is 0 Å². The second-order valence-corrected chi connectivity index (χ2v) is 6.82. The van der Waals surface area contributed by atoms with E-state index in [-0.39, 0.29) is 11.6 Å². The molecule has 0 bridgehead atoms. The first-order chi connectivity index (χ1) is 8.86. The van der Waals surface area contributed by atoms with Crippen LogP contribution in [0.4, 0.5) is 0 Å². The highest BCUT2D eigenvalue weighted by molar-refractivity contribution is 5.06. The Bertz CT molecular complexity index is 406. The molecule has 1 saturated heterocycles. The van der Waals surface area contributed by atoms with E-state index in [4.69, 9.17) is 0 Å². The zero-order chi connectivity index (χ0) is 14.0. The third-order valence-electron chi connectivity index (χ3n) is 3.82. The van der Waals surface area contributed by atoms with Gasteiger partial charge in [0.2, 0.25) is 0 Å². The molecule has 2 unspecified atom stereocenters. The molecule has 4 heteroatoms. The van der Waals surface area contributed by atoms with E-state index in [0.717, 1.165) is 19.5 Å². The molecule has 4 nitrogen and oxygen atoms in total. The van der Waals surface area contributed by atoms with Crippen LogP contribution in [0.5, 0.6) is 0 Å². The summed E-state index contributed by atoms with van der Waals surface area (Å²) < 4.78 is 2.03. The van der Waals surface area contributed by atoms with Crippen molar-refractivity contribution < 1.29 is 5.11 Å². The van der Waals surface area contributed by atoms with Crippen LogP contribution in [0.25, 0.3) is 0 Å². The maximum atomic E-state index is 9.56. The third-order valence-corrected chi connectivity index (χ3v) is 3.82. The van der Waals surface area contributed by atoms with Gasteiger partial charge in [0.05, 0.1) is 17.8 Å². The quantitative estimate of drug-likeness (QED) is 0.908. The van der Waals surface area contributed by atoms with Crippen molar-refractivity contribution in [3.8, 4) is 0 Å². The number of hydrogen-bond acceptors (Lipinski definition) is 3. The normalized spacial score (nSPS) is 22.9. The lowest BCUT2D eigenvalue weighted by Crippen LogP contribution is -2.31. The number of nitrogens with zero attached hydrogens (tertiary/aromatic N) is 3. The van der Waals surface area contributed by atoms with Crippen molar-refractivity contribution >= 4 is 0 Å². The lowest BCUT2D eigenvalue weighted by molar-refractivity contribution is 0.131. The highest BCUT2D eigenvalue weighted by Gasteiger charge is 2.26. The van der Waals surface area contributed by atoms with Gasteiger partial charge in [0.15, 0.2) is 0 Å². The molecule has 1 aliphatic heterocycles. The monoisotopic (exact) mass is 265 g/mol. The summed E-state index contributed by atoms with van der Waals surface area (Å²) in [5, 5.41) is 14.0. The van der Waals surface area contributed by atoms with Crippen molar-refractivity contribution in [1.29, 1.82) is 0 Å². The summed E-state index contributed by atoms with van der Waals surface area (Å²) in [4.78, 5) is 2.48. The lowest BCUT2D eigenvalue weighted by atomic mass is 10.1. The van der Waals surface area contributed by atoms with Gasteiger partial charge >= 0.3 is 0 Å². The molecule has 1 fully saturated rings. The predicted molar refractivity (Wildman–Crippen MR) is 77.0 cm³/mol. The minimum Gasteiger partial charge on any atom is -0.393 e. The van der Waals surface area contributed by atoms with Crippen LogP contribution in [0.15, 0.2) is 12.4 Å². The first-order valence-corrected chi connectivity index (χ1v) is 7.32. The fraction of sp³-hybridized carbons (Fsp3) is 0.800. The SMILES string of the molecule is CC(O)CC1CCCN1Cc1cnn(C(C)(C)C)c1. The van der Waals surface area contributed by atoms with Gasteiger partial charge in [-0.25, -0.2) is 0 Å². The number of hydrogen-bond donors (Lipinski definition) is 1. The molecular weight excluding hydrogens is 238 g/mol. The Labute approximate surface area is 116 Å². The van der Waals surface area contributed by atoms with Gasteiger partial charge in [0.1, 0.15) is 0 Å². The molecule has 1 aromatic heterocycles. The number of likely N-dealkylation sites (tertiary alicyclic amines) is 1. The second-order valence-electron chi connectivity index (χ2n) is 6.82. The Hall–Kier alpha value is -0.870. The fourth-order valence-electron chi connectivity index (χ4n) is 2.81. The van der Waals surface area contributed by atoms with E-state index >= 15 is 0 Å². The summed E-state index contributed by atoms with van der Waals surface area (Å²) >= 11 is 0. The van der Waals surface area contributed by atoms with Gasteiger partial charge in [-0.15, -0.1) is 0 Å². The van der Waals surface area contributed by atoms with Gasteiger partial charge in [-0.2, -0.15) is 5.10 Å². The maximum absolute atomic E-state index is 9.56. The van der Waals surface area contributed by atoms with Gasteiger partial charge < -0.3 is 5.11 Å². The number of aliphatic hydroxyl groups excluding tert-OH is 1. The average molecular weight is 265 g/mol. The first kappa shape index (κ1) is 14.5. The standard InChI is InChI=1S/C15H27N3O/c1-12(19)8-14-6-5-7-17(14)10-13-9-16-18(11-13)15(2,3)4/h9,11-12,14,19H,5-8,10H2,1-4H3. The zero-order valence-electron chi connectivity index (χ0n) is 12.6. The van der Waals surface area contributed by atoms with Crippen LogP contribution in [-0.4, -0.2) is 38.5 Å². The average Bonchev–Trinajstić information content (AvgIpc) is 2.88. The van der Waals surface area contributed by atoms with Crippen molar-refractivity contribution in [3.05, 3.63) is 18.0 Å². The van der Waals surface area contributed by atoms with Gasteiger partial charge in [-0.05, 0) is 53.5 Å². The van der Waals surface area contributed by atoms with E-state index in [0.29, 0.717) is 6.04 Å². The topological polar surface area (TPSA) is 41.3 Å². The van der Waals surface area contributed by atoms with Crippen LogP contribution in [0.1, 0.15) is 52.5 Å². The van der Waals surface area contributed by atoms with Gasteiger partial charge in [0, 0.05) is 24.3 Å². The molecule has 2 rings (SSSR count). The van der Waals surface area contributed by atoms with E-state index in [1.54, 1.807) is 0 Å². The molecule has 1 N–H and O–H groups in total. The maximum Gasteiger partial charge on any atom is 0.0543 e. The summed E-state index contributed by atoms with van der Waals surface area (Å²) in [5.74, 6) is 0. The van der Waals surface area contributed by atoms with Crippen LogP contribution in [0.2, 0.25) is 0 Å². The third kappa shape index (κ3) is 3.80. The van der Waals surface area contributed by atoms with Crippen LogP contribution >= 0.6 is 0 Å². The van der Waals surface area contributed by atoms with Crippen LogP contribution in [0.3, 0.4) is 0 Å². The molecule has 0 saturated carbocycles. The molecule has 0 amide bonds. The van der Waals surface area contributed by atoms with Crippen LogP contribution in [-0.2, 0) is 12.1 Å². The summed E-state index contributed by atoms with van der Waals surface area (Å²) in [5.41, 5.74) is 1.31. The minimum atomic E-state index is -0.206. The molecule has 2 heterocycles. The summed E-state index contributed by atoms with van der Waals surface area (Å²) in [6.45, 7) is 10.5. The molecule has 0 aromatic carbocycles. The van der Waals surface area contributed by atoms with Crippen molar-refractivity contribution in [1.82, 2.24) is 14.7 Å². The molecule has 0 aliphatic carbocycles. The first-order valence-electron chi connectivity index (χ1n) is 7.32. The number of aromatic nitrogens is 2. The fourth-order valence-corrected chi connectivity index (χ4v) is 2.81. The van der Waals surface area contributed by atoms with Crippen LogP contribution in [0, 0.1) is 0 Å². The molecule has 108 valence electrons. The molecular formula is C15H27N3O. The zero-order valence-corrected chi connectivity index (χ0v) is 12.6. The van der Waals surface area contributed by atoms with E-state index in [9.17, 15) is 5.11 Å². The van der Waals surface area contributed by atoms with Crippen molar-refractivity contribution in [2.75, 3.05) is 6.54 Å². The Morgan fingerprint density at radius 2 is 2.21 bits per heavy atom. The second kappa shape index (κ2) is 5.63. The van der Waals surface area contributed by atoms with Crippen molar-refractivity contribution in [2.24, 2.45) is 0 Å². The predicted octanol–water partition coefficient (Wildman–Crippen LogP) is 2.37. The number of aliphatic hydroxyl groups is 1. The van der Waals surface area contributed by atoms with Crippen molar-refractivity contribution in [2.45, 2.75) is 71.2 Å². The molecule has 1 aliphatic rings. The summed E-state index contributed by atoms with van der Waals surface area (Å²) in [7, 11) is 0. The van der Waals surface area contributed by atoms with E-state index in [2.05, 4.69) is 37.0 Å². The van der Waals surface area contributed by atoms with Gasteiger partial charge in [0.25, 0.3) is 0 Å². The smallest absolute Gasteiger partial charge is 0.0543 e. The molecule has 19 heavy (non-hydrogen) atoms. The number of rotatable bonds is 4. The van der Waals surface area contributed by atoms with E-state index in [1.165, 1.54) is 18.4 Å². The van der Waals surface area contributed by atoms with Crippen LogP contribution < -0.4 is 0 Å². The Morgan fingerprint density at radius 3 is 2.79 bits per heavy atom. The van der Waals surface area contributed by atoms with Gasteiger partial charge in [-0.1, -0.05) is 0 Å². The van der Waals surface area contributed by atoms with Gasteiger partial charge in [-0.3, -0.25) is 9.58 Å². The highest BCUT2D eigenvalue weighted by Crippen LogP contribution is 2.24. The largest absolute Gasteiger partial charge is 0.393 e. The Morgan fingerprint density at radius 1 is 1.47 bits per heavy atom. The molecule has 1 aromatic rings. The lowest BCUT2D eigenvalue weighted by Gasteiger charge is -2.25. The molecule has 0 radical (unpaired) electrons.